The molecule has 0 amide bonds. The summed E-state index contributed by atoms with van der Waals surface area (Å²) < 4.78 is 10.0. The highest BCUT2D eigenvalue weighted by molar-refractivity contribution is 5.84. The van der Waals surface area contributed by atoms with E-state index >= 15 is 0 Å². The van der Waals surface area contributed by atoms with Crippen LogP contribution in [0.3, 0.4) is 0 Å². The molecule has 84 valence electrons. The lowest BCUT2D eigenvalue weighted by Gasteiger charge is -2.13. The molecule has 0 saturated heterocycles. The summed E-state index contributed by atoms with van der Waals surface area (Å²) in [5, 5.41) is 0. The molecule has 1 aliphatic heterocycles. The van der Waals surface area contributed by atoms with Crippen LogP contribution in [0.2, 0.25) is 0 Å². The van der Waals surface area contributed by atoms with Crippen LogP contribution in [0.15, 0.2) is 23.3 Å². The number of aliphatic imine (C=N–C) groups is 1. The van der Waals surface area contributed by atoms with Gasteiger partial charge in [0.15, 0.2) is 6.10 Å². The van der Waals surface area contributed by atoms with Gasteiger partial charge in [-0.25, -0.2) is 9.79 Å². The van der Waals surface area contributed by atoms with E-state index in [0.717, 1.165) is 5.56 Å². The number of fused-ring (bicyclic) bond motifs is 1. The predicted octanol–water partition coefficient (Wildman–Crippen LogP) is 1.09. The zero-order valence-corrected chi connectivity index (χ0v) is 9.08. The van der Waals surface area contributed by atoms with Crippen LogP contribution in [-0.4, -0.2) is 30.4 Å². The second-order valence-corrected chi connectivity index (χ2v) is 3.42. The van der Waals surface area contributed by atoms with Gasteiger partial charge in [-0.15, -0.1) is 0 Å². The average Bonchev–Trinajstić information content (AvgIpc) is 2.72. The molecule has 1 aromatic rings. The summed E-state index contributed by atoms with van der Waals surface area (Å²) >= 11 is 0. The molecule has 1 aliphatic rings. The van der Waals surface area contributed by atoms with Crippen molar-refractivity contribution in [3.8, 4) is 0 Å². The molecule has 0 spiro atoms. The maximum Gasteiger partial charge on any atom is 0.337 e. The molecule has 0 radical (unpaired) electrons. The standard InChI is InChI=1S/C11H12N2O3/c1-7(15-2)11(14)16-10-9-8(6-13-10)4-3-5-12-9/h3-7,10H,1-2H3. The van der Waals surface area contributed by atoms with Crippen LogP contribution in [0.5, 0.6) is 0 Å². The second-order valence-electron chi connectivity index (χ2n) is 3.42. The molecule has 2 heterocycles. The van der Waals surface area contributed by atoms with Crippen molar-refractivity contribution in [2.24, 2.45) is 4.99 Å². The SMILES string of the molecule is COC(C)C(=O)OC1N=Cc2cccnc21. The summed E-state index contributed by atoms with van der Waals surface area (Å²) in [6.07, 6.45) is 2.07. The van der Waals surface area contributed by atoms with E-state index in [9.17, 15) is 4.79 Å². The Morgan fingerprint density at radius 1 is 1.56 bits per heavy atom. The lowest BCUT2D eigenvalue weighted by Crippen LogP contribution is -2.23. The Morgan fingerprint density at radius 2 is 2.38 bits per heavy atom. The van der Waals surface area contributed by atoms with Gasteiger partial charge in [0.25, 0.3) is 0 Å². The number of hydrogen-bond acceptors (Lipinski definition) is 5. The molecule has 0 bridgehead atoms. The minimum Gasteiger partial charge on any atom is -0.432 e. The molecule has 1 aromatic heterocycles. The maximum atomic E-state index is 11.5. The van der Waals surface area contributed by atoms with E-state index in [4.69, 9.17) is 9.47 Å². The Balaban J connectivity index is 2.09. The number of carbonyl (C=O) groups excluding carboxylic acids is 1. The van der Waals surface area contributed by atoms with Crippen molar-refractivity contribution >= 4 is 12.2 Å². The number of ether oxygens (including phenoxy) is 2. The fourth-order valence-electron chi connectivity index (χ4n) is 1.35. The minimum atomic E-state index is -0.638. The normalized spacial score (nSPS) is 19.2. The fraction of sp³-hybridized carbons (Fsp3) is 0.364. The smallest absolute Gasteiger partial charge is 0.337 e. The topological polar surface area (TPSA) is 60.8 Å². The summed E-state index contributed by atoms with van der Waals surface area (Å²) in [5.74, 6) is -0.442. The van der Waals surface area contributed by atoms with Crippen molar-refractivity contribution in [1.82, 2.24) is 4.98 Å². The van der Waals surface area contributed by atoms with E-state index in [1.54, 1.807) is 19.3 Å². The van der Waals surface area contributed by atoms with Gasteiger partial charge in [0.05, 0.1) is 0 Å². The number of methoxy groups -OCH3 is 1. The van der Waals surface area contributed by atoms with Gasteiger partial charge in [0.1, 0.15) is 5.69 Å². The highest BCUT2D eigenvalue weighted by Crippen LogP contribution is 2.25. The first kappa shape index (κ1) is 10.8. The highest BCUT2D eigenvalue weighted by Gasteiger charge is 2.25. The number of hydrogen-bond donors (Lipinski definition) is 0. The summed E-state index contributed by atoms with van der Waals surface area (Å²) in [5.41, 5.74) is 1.55. The van der Waals surface area contributed by atoms with Gasteiger partial charge >= 0.3 is 5.97 Å². The van der Waals surface area contributed by atoms with E-state index in [0.29, 0.717) is 5.69 Å². The number of rotatable bonds is 3. The van der Waals surface area contributed by atoms with Gasteiger partial charge in [0, 0.05) is 25.1 Å². The highest BCUT2D eigenvalue weighted by atomic mass is 16.6. The van der Waals surface area contributed by atoms with E-state index < -0.39 is 18.3 Å². The van der Waals surface area contributed by atoms with Gasteiger partial charge in [-0.2, -0.15) is 0 Å². The minimum absolute atomic E-state index is 0.442. The summed E-state index contributed by atoms with van der Waals surface area (Å²) in [7, 11) is 1.45. The van der Waals surface area contributed by atoms with Crippen LogP contribution in [0, 0.1) is 0 Å². The zero-order valence-electron chi connectivity index (χ0n) is 9.08. The number of nitrogens with zero attached hydrogens (tertiary/aromatic N) is 2. The van der Waals surface area contributed by atoms with Crippen LogP contribution >= 0.6 is 0 Å². The van der Waals surface area contributed by atoms with Crippen LogP contribution in [0.1, 0.15) is 24.4 Å². The van der Waals surface area contributed by atoms with Crippen molar-refractivity contribution in [2.75, 3.05) is 7.11 Å². The third kappa shape index (κ3) is 1.94. The summed E-state index contributed by atoms with van der Waals surface area (Å²) in [6, 6.07) is 3.69. The molecule has 5 heteroatoms. The third-order valence-electron chi connectivity index (χ3n) is 2.37. The zero-order chi connectivity index (χ0) is 11.5. The fourth-order valence-corrected chi connectivity index (χ4v) is 1.35. The van der Waals surface area contributed by atoms with Crippen molar-refractivity contribution in [3.05, 3.63) is 29.6 Å². The Bertz CT molecular complexity index is 431. The number of pyridine rings is 1. The molecule has 0 saturated carbocycles. The van der Waals surface area contributed by atoms with Crippen molar-refractivity contribution in [2.45, 2.75) is 19.3 Å². The Labute approximate surface area is 93.1 Å². The van der Waals surface area contributed by atoms with Gasteiger partial charge in [-0.05, 0) is 19.1 Å². The first-order valence-corrected chi connectivity index (χ1v) is 4.93. The van der Waals surface area contributed by atoms with Crippen LogP contribution in [0.25, 0.3) is 0 Å². The molecular formula is C11H12N2O3. The van der Waals surface area contributed by atoms with Gasteiger partial charge in [-0.1, -0.05) is 0 Å². The average molecular weight is 220 g/mol. The van der Waals surface area contributed by atoms with Crippen molar-refractivity contribution in [3.63, 3.8) is 0 Å². The van der Waals surface area contributed by atoms with Gasteiger partial charge in [0.2, 0.25) is 6.23 Å². The van der Waals surface area contributed by atoms with Crippen LogP contribution in [-0.2, 0) is 14.3 Å². The van der Waals surface area contributed by atoms with Crippen LogP contribution in [0.4, 0.5) is 0 Å². The first-order chi connectivity index (χ1) is 7.72. The molecule has 0 aliphatic carbocycles. The number of esters is 1. The first-order valence-electron chi connectivity index (χ1n) is 4.93. The summed E-state index contributed by atoms with van der Waals surface area (Å²) in [4.78, 5) is 19.7. The lowest BCUT2D eigenvalue weighted by molar-refractivity contribution is -0.159. The molecule has 0 fully saturated rings. The molecular weight excluding hydrogens is 208 g/mol. The monoisotopic (exact) mass is 220 g/mol. The third-order valence-corrected chi connectivity index (χ3v) is 2.37. The lowest BCUT2D eigenvalue weighted by atomic mass is 10.2. The van der Waals surface area contributed by atoms with E-state index in [-0.39, 0.29) is 0 Å². The van der Waals surface area contributed by atoms with Crippen LogP contribution < -0.4 is 0 Å². The molecule has 0 N–H and O–H groups in total. The molecule has 16 heavy (non-hydrogen) atoms. The Kier molecular flexibility index (Phi) is 2.96. The Morgan fingerprint density at radius 3 is 3.12 bits per heavy atom. The summed E-state index contributed by atoms with van der Waals surface area (Å²) in [6.45, 7) is 1.63. The van der Waals surface area contributed by atoms with E-state index in [1.807, 2.05) is 12.1 Å². The molecule has 0 aromatic carbocycles. The quantitative estimate of drug-likeness (QED) is 0.715. The van der Waals surface area contributed by atoms with E-state index in [2.05, 4.69) is 9.98 Å². The van der Waals surface area contributed by atoms with Gasteiger partial charge in [-0.3, -0.25) is 4.98 Å². The molecule has 2 unspecified atom stereocenters. The number of carbonyl (C=O) groups is 1. The van der Waals surface area contributed by atoms with Crippen molar-refractivity contribution < 1.29 is 14.3 Å². The molecule has 2 atom stereocenters. The molecule has 2 rings (SSSR count). The second kappa shape index (κ2) is 4.40. The Hall–Kier alpha value is -1.75. The van der Waals surface area contributed by atoms with Crippen molar-refractivity contribution in [1.29, 1.82) is 0 Å². The predicted molar refractivity (Wildman–Crippen MR) is 57.1 cm³/mol. The number of aromatic nitrogens is 1. The maximum absolute atomic E-state index is 11.5. The van der Waals surface area contributed by atoms with E-state index in [1.165, 1.54) is 7.11 Å². The van der Waals surface area contributed by atoms with Gasteiger partial charge < -0.3 is 9.47 Å². The molecule has 5 nitrogen and oxygen atoms in total. The largest absolute Gasteiger partial charge is 0.432 e.